The third kappa shape index (κ3) is 3.63. The lowest BCUT2D eigenvalue weighted by Gasteiger charge is -2.08. The first-order valence-electron chi connectivity index (χ1n) is 4.67. The molecule has 5 nitrogen and oxygen atoms in total. The van der Waals surface area contributed by atoms with E-state index in [-0.39, 0.29) is 11.6 Å². The molecule has 1 aromatic rings. The van der Waals surface area contributed by atoms with Crippen LogP contribution in [-0.2, 0) is 11.2 Å². The zero-order valence-electron chi connectivity index (χ0n) is 8.80. The van der Waals surface area contributed by atoms with E-state index < -0.39 is 5.97 Å². The fourth-order valence-corrected chi connectivity index (χ4v) is 1.27. The molecule has 0 aromatic carbocycles. The van der Waals surface area contributed by atoms with Gasteiger partial charge in [-0.1, -0.05) is 6.92 Å². The molecule has 0 saturated carbocycles. The van der Waals surface area contributed by atoms with Crippen molar-refractivity contribution < 1.29 is 14.6 Å². The minimum absolute atomic E-state index is 0.0321. The van der Waals surface area contributed by atoms with Crippen molar-refractivity contribution >= 4 is 5.97 Å². The second-order valence-corrected chi connectivity index (χ2v) is 3.43. The normalized spacial score (nSPS) is 12.4. The van der Waals surface area contributed by atoms with E-state index in [0.717, 1.165) is 0 Å². The fraction of sp³-hybridized carbons (Fsp3) is 0.500. The summed E-state index contributed by atoms with van der Waals surface area (Å²) in [6.07, 6.45) is 2.08. The molecule has 0 aliphatic heterocycles. The Morgan fingerprint density at radius 1 is 1.67 bits per heavy atom. The van der Waals surface area contributed by atoms with Gasteiger partial charge in [-0.15, -0.1) is 0 Å². The Morgan fingerprint density at radius 3 is 3.00 bits per heavy atom. The molecular formula is C10H14N2O3. The van der Waals surface area contributed by atoms with Gasteiger partial charge >= 0.3 is 5.97 Å². The van der Waals surface area contributed by atoms with Crippen molar-refractivity contribution in [3.05, 3.63) is 23.8 Å². The van der Waals surface area contributed by atoms with Crippen LogP contribution in [0, 0.1) is 5.92 Å². The topological polar surface area (TPSA) is 72.3 Å². The van der Waals surface area contributed by atoms with Crippen LogP contribution in [0.4, 0.5) is 0 Å². The fourth-order valence-electron chi connectivity index (χ4n) is 1.27. The highest BCUT2D eigenvalue weighted by Crippen LogP contribution is 2.04. The van der Waals surface area contributed by atoms with Crippen LogP contribution in [0.5, 0.6) is 0 Å². The van der Waals surface area contributed by atoms with Gasteiger partial charge in [0, 0.05) is 26.3 Å². The van der Waals surface area contributed by atoms with Crippen molar-refractivity contribution in [1.82, 2.24) is 9.97 Å². The zero-order chi connectivity index (χ0) is 11.3. The maximum absolute atomic E-state index is 10.6. The summed E-state index contributed by atoms with van der Waals surface area (Å²) in [4.78, 5) is 18.6. The minimum atomic E-state index is -1.03. The molecule has 0 fully saturated rings. The number of nitrogens with zero attached hydrogens (tertiary/aromatic N) is 2. The standard InChI is InChI=1S/C10H14N2O3/c1-7(6-15-2)5-9-11-4-3-8(12-9)10(13)14/h3-4,7H,5-6H2,1-2H3,(H,13,14). The zero-order valence-corrected chi connectivity index (χ0v) is 8.80. The number of carboxylic acids is 1. The lowest BCUT2D eigenvalue weighted by atomic mass is 10.1. The number of carboxylic acid groups (broad SMARTS) is 1. The molecule has 0 radical (unpaired) electrons. The van der Waals surface area contributed by atoms with Gasteiger partial charge in [0.25, 0.3) is 0 Å². The van der Waals surface area contributed by atoms with Crippen LogP contribution in [0.15, 0.2) is 12.3 Å². The Hall–Kier alpha value is -1.49. The predicted molar refractivity (Wildman–Crippen MR) is 53.7 cm³/mol. The van der Waals surface area contributed by atoms with Gasteiger partial charge in [-0.3, -0.25) is 0 Å². The average molecular weight is 210 g/mol. The number of carbonyl (C=O) groups is 1. The summed E-state index contributed by atoms with van der Waals surface area (Å²) in [5.74, 6) is -0.212. The number of aromatic nitrogens is 2. The van der Waals surface area contributed by atoms with E-state index in [1.165, 1.54) is 12.3 Å². The lowest BCUT2D eigenvalue weighted by Crippen LogP contribution is -2.11. The summed E-state index contributed by atoms with van der Waals surface area (Å²) in [6, 6.07) is 1.38. The molecule has 0 saturated heterocycles. The van der Waals surface area contributed by atoms with Crippen molar-refractivity contribution in [3.8, 4) is 0 Å². The van der Waals surface area contributed by atoms with E-state index in [1.54, 1.807) is 7.11 Å². The summed E-state index contributed by atoms with van der Waals surface area (Å²) in [7, 11) is 1.63. The Balaban J connectivity index is 2.69. The van der Waals surface area contributed by atoms with Crippen molar-refractivity contribution in [3.63, 3.8) is 0 Å². The highest BCUT2D eigenvalue weighted by molar-refractivity contribution is 5.85. The molecule has 15 heavy (non-hydrogen) atoms. The molecular weight excluding hydrogens is 196 g/mol. The smallest absolute Gasteiger partial charge is 0.354 e. The molecule has 0 spiro atoms. The Kier molecular flexibility index (Phi) is 4.17. The predicted octanol–water partition coefficient (Wildman–Crippen LogP) is 1.000. The first-order valence-corrected chi connectivity index (χ1v) is 4.67. The van der Waals surface area contributed by atoms with Gasteiger partial charge in [-0.2, -0.15) is 0 Å². The van der Waals surface area contributed by atoms with Crippen LogP contribution in [0.1, 0.15) is 23.2 Å². The number of hydrogen-bond donors (Lipinski definition) is 1. The van der Waals surface area contributed by atoms with E-state index in [1.807, 2.05) is 6.92 Å². The van der Waals surface area contributed by atoms with Gasteiger partial charge in [0.2, 0.25) is 0 Å². The quantitative estimate of drug-likeness (QED) is 0.784. The van der Waals surface area contributed by atoms with Gasteiger partial charge in [0.05, 0.1) is 0 Å². The van der Waals surface area contributed by atoms with Gasteiger partial charge in [0.1, 0.15) is 5.82 Å². The van der Waals surface area contributed by atoms with E-state index in [2.05, 4.69) is 9.97 Å². The Morgan fingerprint density at radius 2 is 2.40 bits per heavy atom. The van der Waals surface area contributed by atoms with Crippen LogP contribution in [0.2, 0.25) is 0 Å². The lowest BCUT2D eigenvalue weighted by molar-refractivity contribution is 0.0689. The maximum atomic E-state index is 10.6. The first kappa shape index (κ1) is 11.6. The third-order valence-electron chi connectivity index (χ3n) is 1.91. The van der Waals surface area contributed by atoms with E-state index in [4.69, 9.17) is 9.84 Å². The summed E-state index contributed by atoms with van der Waals surface area (Å²) >= 11 is 0. The molecule has 0 aliphatic rings. The maximum Gasteiger partial charge on any atom is 0.354 e. The second-order valence-electron chi connectivity index (χ2n) is 3.43. The summed E-state index contributed by atoms with van der Waals surface area (Å²) in [5, 5.41) is 8.73. The Bertz CT molecular complexity index is 341. The molecule has 0 aliphatic carbocycles. The van der Waals surface area contributed by atoms with Gasteiger partial charge < -0.3 is 9.84 Å². The van der Waals surface area contributed by atoms with Crippen molar-refractivity contribution in [2.45, 2.75) is 13.3 Å². The van der Waals surface area contributed by atoms with Gasteiger partial charge in [-0.05, 0) is 12.0 Å². The van der Waals surface area contributed by atoms with Crippen molar-refractivity contribution in [2.24, 2.45) is 5.92 Å². The molecule has 1 atom stereocenters. The summed E-state index contributed by atoms with van der Waals surface area (Å²) in [5.41, 5.74) is 0.0321. The van der Waals surface area contributed by atoms with Gasteiger partial charge in [-0.25, -0.2) is 14.8 Å². The molecule has 1 rings (SSSR count). The SMILES string of the molecule is COCC(C)Cc1nccc(C(=O)O)n1. The van der Waals surface area contributed by atoms with Crippen molar-refractivity contribution in [2.75, 3.05) is 13.7 Å². The monoisotopic (exact) mass is 210 g/mol. The largest absolute Gasteiger partial charge is 0.477 e. The minimum Gasteiger partial charge on any atom is -0.477 e. The van der Waals surface area contributed by atoms with Crippen molar-refractivity contribution in [1.29, 1.82) is 0 Å². The molecule has 0 amide bonds. The van der Waals surface area contributed by atoms with Crippen LogP contribution < -0.4 is 0 Å². The first-order chi connectivity index (χ1) is 7.13. The number of hydrogen-bond acceptors (Lipinski definition) is 4. The number of aromatic carboxylic acids is 1. The highest BCUT2D eigenvalue weighted by atomic mass is 16.5. The van der Waals surface area contributed by atoms with Crippen LogP contribution in [0.25, 0.3) is 0 Å². The van der Waals surface area contributed by atoms with Crippen LogP contribution >= 0.6 is 0 Å². The van der Waals surface area contributed by atoms with Gasteiger partial charge in [0.15, 0.2) is 5.69 Å². The number of ether oxygens (including phenoxy) is 1. The molecule has 82 valence electrons. The third-order valence-corrected chi connectivity index (χ3v) is 1.91. The molecule has 5 heteroatoms. The molecule has 0 bridgehead atoms. The Labute approximate surface area is 88.1 Å². The second kappa shape index (κ2) is 5.41. The molecule has 1 unspecified atom stereocenters. The van der Waals surface area contributed by atoms with E-state index in [0.29, 0.717) is 18.9 Å². The van der Waals surface area contributed by atoms with Crippen LogP contribution in [0.3, 0.4) is 0 Å². The van der Waals surface area contributed by atoms with E-state index >= 15 is 0 Å². The molecule has 1 aromatic heterocycles. The molecule has 1 heterocycles. The average Bonchev–Trinajstić information content (AvgIpc) is 2.18. The summed E-state index contributed by atoms with van der Waals surface area (Å²) < 4.78 is 4.98. The van der Waals surface area contributed by atoms with E-state index in [9.17, 15) is 4.79 Å². The molecule has 1 N–H and O–H groups in total. The van der Waals surface area contributed by atoms with Crippen LogP contribution in [-0.4, -0.2) is 34.8 Å². The number of rotatable bonds is 5. The highest BCUT2D eigenvalue weighted by Gasteiger charge is 2.09. The summed E-state index contributed by atoms with van der Waals surface area (Å²) in [6.45, 7) is 2.61. The number of methoxy groups -OCH3 is 1.